The van der Waals surface area contributed by atoms with Gasteiger partial charge in [0.2, 0.25) is 15.9 Å². The maximum absolute atomic E-state index is 11.9. The van der Waals surface area contributed by atoms with Crippen LogP contribution in [0.15, 0.2) is 12.1 Å². The van der Waals surface area contributed by atoms with E-state index in [1.165, 1.54) is 21.9 Å². The lowest BCUT2D eigenvalue weighted by Gasteiger charge is -2.24. The van der Waals surface area contributed by atoms with Crippen molar-refractivity contribution in [2.24, 2.45) is 0 Å². The molecule has 0 aromatic carbocycles. The molecule has 0 unspecified atom stereocenters. The summed E-state index contributed by atoms with van der Waals surface area (Å²) in [4.78, 5) is 14.9. The Hall–Kier alpha value is -0.670. The Morgan fingerprint density at radius 3 is 2.54 bits per heavy atom. The minimum atomic E-state index is -3.21. The zero-order valence-corrected chi connectivity index (χ0v) is 17.0. The second kappa shape index (κ2) is 9.72. The number of carbonyl (C=O) groups is 1. The maximum Gasteiger partial charge on any atom is 0.234 e. The van der Waals surface area contributed by atoms with Crippen molar-refractivity contribution in [2.45, 2.75) is 32.9 Å². The van der Waals surface area contributed by atoms with Crippen LogP contribution in [-0.4, -0.2) is 62.5 Å². The number of rotatable bonds is 10. The van der Waals surface area contributed by atoms with Crippen LogP contribution in [0.3, 0.4) is 0 Å². The molecular formula is C15H26ClN3O3S2. The summed E-state index contributed by atoms with van der Waals surface area (Å²) in [5.41, 5.74) is 0. The van der Waals surface area contributed by atoms with Gasteiger partial charge >= 0.3 is 0 Å². The molecule has 0 spiro atoms. The predicted octanol–water partition coefficient (Wildman–Crippen LogP) is 2.01. The van der Waals surface area contributed by atoms with E-state index in [4.69, 9.17) is 11.6 Å². The highest BCUT2D eigenvalue weighted by Crippen LogP contribution is 2.22. The topological polar surface area (TPSA) is 69.7 Å². The number of hydrogen-bond acceptors (Lipinski definition) is 5. The highest BCUT2D eigenvalue weighted by molar-refractivity contribution is 7.88. The summed E-state index contributed by atoms with van der Waals surface area (Å²) in [6.45, 7) is 5.49. The fraction of sp³-hybridized carbons (Fsp3) is 0.667. The van der Waals surface area contributed by atoms with Crippen LogP contribution in [0, 0.1) is 0 Å². The monoisotopic (exact) mass is 395 g/mol. The highest BCUT2D eigenvalue weighted by atomic mass is 35.5. The lowest BCUT2D eigenvalue weighted by molar-refractivity contribution is -0.122. The van der Waals surface area contributed by atoms with Gasteiger partial charge in [-0.1, -0.05) is 11.6 Å². The molecule has 1 N–H and O–H groups in total. The molecule has 0 radical (unpaired) electrons. The first-order valence-electron chi connectivity index (χ1n) is 7.76. The molecule has 0 aliphatic carbocycles. The van der Waals surface area contributed by atoms with Crippen LogP contribution in [0.4, 0.5) is 0 Å². The first-order valence-corrected chi connectivity index (χ1v) is 10.8. The third kappa shape index (κ3) is 7.94. The summed E-state index contributed by atoms with van der Waals surface area (Å²) in [7, 11) is -1.34. The van der Waals surface area contributed by atoms with Gasteiger partial charge in [0.25, 0.3) is 0 Å². The molecule has 0 bridgehead atoms. The molecule has 0 saturated carbocycles. The minimum absolute atomic E-state index is 0.0735. The summed E-state index contributed by atoms with van der Waals surface area (Å²) in [5.74, 6) is -0.0735. The lowest BCUT2D eigenvalue weighted by atomic mass is 10.3. The van der Waals surface area contributed by atoms with E-state index >= 15 is 0 Å². The Morgan fingerprint density at radius 1 is 1.38 bits per heavy atom. The predicted molar refractivity (Wildman–Crippen MR) is 100.0 cm³/mol. The van der Waals surface area contributed by atoms with E-state index in [-0.39, 0.29) is 18.5 Å². The van der Waals surface area contributed by atoms with Gasteiger partial charge in [-0.25, -0.2) is 8.42 Å². The van der Waals surface area contributed by atoms with Gasteiger partial charge in [-0.15, -0.1) is 11.3 Å². The Morgan fingerprint density at radius 2 is 2.04 bits per heavy atom. The third-order valence-electron chi connectivity index (χ3n) is 3.35. The van der Waals surface area contributed by atoms with Crippen molar-refractivity contribution in [1.29, 1.82) is 0 Å². The Bertz CT molecular complexity index is 632. The van der Waals surface area contributed by atoms with Crippen molar-refractivity contribution in [3.8, 4) is 0 Å². The number of carbonyl (C=O) groups excluding carboxylic acids is 1. The van der Waals surface area contributed by atoms with Crippen LogP contribution in [-0.2, 0) is 21.4 Å². The maximum atomic E-state index is 11.9. The van der Waals surface area contributed by atoms with Crippen molar-refractivity contribution in [3.63, 3.8) is 0 Å². The zero-order chi connectivity index (χ0) is 18.3. The SMILES string of the molecule is CC(C)N(CCCNC(=O)CN(C)Cc1ccc(Cl)s1)S(C)(=O)=O. The summed E-state index contributed by atoms with van der Waals surface area (Å²) in [6.07, 6.45) is 1.79. The number of hydrogen-bond donors (Lipinski definition) is 1. The van der Waals surface area contributed by atoms with Gasteiger partial charge in [0.1, 0.15) is 0 Å². The molecule has 1 heterocycles. The number of likely N-dealkylation sites (N-methyl/N-ethyl adjacent to an activating group) is 1. The van der Waals surface area contributed by atoms with Gasteiger partial charge in [-0.05, 0) is 39.4 Å². The van der Waals surface area contributed by atoms with Crippen LogP contribution in [0.2, 0.25) is 4.34 Å². The molecule has 1 aromatic rings. The van der Waals surface area contributed by atoms with Crippen molar-refractivity contribution in [3.05, 3.63) is 21.3 Å². The van der Waals surface area contributed by atoms with Crippen LogP contribution < -0.4 is 5.32 Å². The summed E-state index contributed by atoms with van der Waals surface area (Å²) >= 11 is 7.39. The molecule has 0 aliphatic heterocycles. The fourth-order valence-electron chi connectivity index (χ4n) is 2.33. The third-order valence-corrected chi connectivity index (χ3v) is 6.02. The minimum Gasteiger partial charge on any atom is -0.355 e. The number of amides is 1. The Balaban J connectivity index is 2.28. The van der Waals surface area contributed by atoms with Crippen LogP contribution in [0.25, 0.3) is 0 Å². The average molecular weight is 396 g/mol. The van der Waals surface area contributed by atoms with Crippen LogP contribution >= 0.6 is 22.9 Å². The highest BCUT2D eigenvalue weighted by Gasteiger charge is 2.19. The van der Waals surface area contributed by atoms with Gasteiger partial charge in [0.15, 0.2) is 0 Å². The molecule has 1 rings (SSSR count). The van der Waals surface area contributed by atoms with E-state index in [0.717, 1.165) is 9.21 Å². The van der Waals surface area contributed by atoms with Crippen LogP contribution in [0.5, 0.6) is 0 Å². The largest absolute Gasteiger partial charge is 0.355 e. The smallest absolute Gasteiger partial charge is 0.234 e. The molecule has 6 nitrogen and oxygen atoms in total. The Labute approximate surface area is 153 Å². The lowest BCUT2D eigenvalue weighted by Crippen LogP contribution is -2.39. The molecule has 1 amide bonds. The fourth-order valence-corrected chi connectivity index (χ4v) is 4.72. The van der Waals surface area contributed by atoms with E-state index in [2.05, 4.69) is 5.32 Å². The summed E-state index contributed by atoms with van der Waals surface area (Å²) < 4.78 is 25.5. The Kier molecular flexibility index (Phi) is 8.66. The summed E-state index contributed by atoms with van der Waals surface area (Å²) in [6, 6.07) is 3.71. The molecule has 24 heavy (non-hydrogen) atoms. The van der Waals surface area contributed by atoms with Crippen LogP contribution in [0.1, 0.15) is 25.1 Å². The molecular weight excluding hydrogens is 370 g/mol. The van der Waals surface area contributed by atoms with Gasteiger partial charge in [0.05, 0.1) is 17.1 Å². The van der Waals surface area contributed by atoms with E-state index in [1.54, 1.807) is 0 Å². The summed E-state index contributed by atoms with van der Waals surface area (Å²) in [5, 5.41) is 2.83. The number of sulfonamides is 1. The molecule has 9 heteroatoms. The van der Waals surface area contributed by atoms with E-state index < -0.39 is 10.0 Å². The van der Waals surface area contributed by atoms with Crippen molar-refractivity contribution < 1.29 is 13.2 Å². The number of halogens is 1. The van der Waals surface area contributed by atoms with E-state index in [1.807, 2.05) is 37.9 Å². The average Bonchev–Trinajstić information content (AvgIpc) is 2.81. The van der Waals surface area contributed by atoms with E-state index in [0.29, 0.717) is 26.1 Å². The number of thiophene rings is 1. The van der Waals surface area contributed by atoms with Gasteiger partial charge in [-0.2, -0.15) is 4.31 Å². The molecule has 0 saturated heterocycles. The molecule has 0 fully saturated rings. The first-order chi connectivity index (χ1) is 11.1. The van der Waals surface area contributed by atoms with Gasteiger partial charge in [-0.3, -0.25) is 9.69 Å². The number of nitrogens with one attached hydrogen (secondary N) is 1. The molecule has 1 aromatic heterocycles. The van der Waals surface area contributed by atoms with Crippen molar-refractivity contribution >= 4 is 38.9 Å². The molecule has 0 aliphatic rings. The second-order valence-electron chi connectivity index (χ2n) is 6.05. The van der Waals surface area contributed by atoms with Crippen molar-refractivity contribution in [2.75, 3.05) is 32.9 Å². The molecule has 0 atom stereocenters. The zero-order valence-electron chi connectivity index (χ0n) is 14.6. The standard InChI is InChI=1S/C15H26ClN3O3S2/c1-12(2)19(24(4,21)22)9-5-8-17-15(20)11-18(3)10-13-6-7-14(16)23-13/h6-7,12H,5,8-11H2,1-4H3,(H,17,20). The quantitative estimate of drug-likeness (QED) is 0.615. The first kappa shape index (κ1) is 21.4. The van der Waals surface area contributed by atoms with Gasteiger partial charge < -0.3 is 5.32 Å². The molecule has 138 valence electrons. The normalized spacial score (nSPS) is 12.3. The van der Waals surface area contributed by atoms with Crippen molar-refractivity contribution in [1.82, 2.24) is 14.5 Å². The second-order valence-corrected chi connectivity index (χ2v) is 9.78. The number of nitrogens with zero attached hydrogens (tertiary/aromatic N) is 2. The van der Waals surface area contributed by atoms with E-state index in [9.17, 15) is 13.2 Å². The van der Waals surface area contributed by atoms with Gasteiger partial charge in [0, 0.05) is 30.6 Å².